The fourth-order valence-corrected chi connectivity index (χ4v) is 6.25. The van der Waals surface area contributed by atoms with Crippen molar-refractivity contribution in [3.63, 3.8) is 0 Å². The second-order valence-corrected chi connectivity index (χ2v) is 9.67. The summed E-state index contributed by atoms with van der Waals surface area (Å²) in [4.78, 5) is 24.4. The van der Waals surface area contributed by atoms with Crippen LogP contribution < -0.4 is 0 Å². The van der Waals surface area contributed by atoms with Crippen LogP contribution in [-0.2, 0) is 19.1 Å². The molecule has 1 heterocycles. The molecule has 0 amide bonds. The van der Waals surface area contributed by atoms with Gasteiger partial charge in [-0.05, 0) is 55.8 Å². The Labute approximate surface area is 152 Å². The zero-order valence-corrected chi connectivity index (χ0v) is 16.7. The first-order valence-electron chi connectivity index (χ1n) is 9.86. The first kappa shape index (κ1) is 18.9. The highest BCUT2D eigenvalue weighted by Crippen LogP contribution is 2.69. The molecule has 0 aromatic rings. The normalized spacial score (nSPS) is 42.7. The Hall–Kier alpha value is -0.900. The van der Waals surface area contributed by atoms with Crippen LogP contribution in [0.2, 0.25) is 0 Å². The molecule has 0 unspecified atom stereocenters. The van der Waals surface area contributed by atoms with Crippen molar-refractivity contribution in [2.24, 2.45) is 28.6 Å². The van der Waals surface area contributed by atoms with Crippen LogP contribution in [0.1, 0.15) is 73.1 Å². The molecule has 0 spiro atoms. The number of carbonyl (C=O) groups is 2. The summed E-state index contributed by atoms with van der Waals surface area (Å²) in [5.74, 6) is 0.740. The average Bonchev–Trinajstić information content (AvgIpc) is 3.26. The first-order valence-corrected chi connectivity index (χ1v) is 9.86. The van der Waals surface area contributed by atoms with Crippen molar-refractivity contribution < 1.29 is 19.1 Å². The molecule has 3 rings (SSSR count). The molecule has 6 atom stereocenters. The van der Waals surface area contributed by atoms with Gasteiger partial charge in [0.05, 0.1) is 13.2 Å². The van der Waals surface area contributed by atoms with Gasteiger partial charge in [0, 0.05) is 11.8 Å². The Morgan fingerprint density at radius 2 is 1.92 bits per heavy atom. The number of esters is 1. The van der Waals surface area contributed by atoms with Gasteiger partial charge >= 0.3 is 5.97 Å². The topological polar surface area (TPSA) is 55.9 Å². The lowest BCUT2D eigenvalue weighted by Crippen LogP contribution is -2.57. The molecule has 142 valence electrons. The number of carbonyl (C=O) groups excluding carboxylic acids is 2. The van der Waals surface area contributed by atoms with E-state index in [9.17, 15) is 9.59 Å². The Bertz CT molecular complexity index is 568. The molecule has 0 radical (unpaired) electrons. The highest BCUT2D eigenvalue weighted by molar-refractivity contribution is 5.84. The van der Waals surface area contributed by atoms with Gasteiger partial charge in [-0.2, -0.15) is 0 Å². The van der Waals surface area contributed by atoms with Crippen LogP contribution in [-0.4, -0.2) is 30.6 Å². The zero-order valence-electron chi connectivity index (χ0n) is 16.7. The lowest BCUT2D eigenvalue weighted by atomic mass is 9.45. The molecule has 1 saturated heterocycles. The predicted molar refractivity (Wildman–Crippen MR) is 96.0 cm³/mol. The zero-order chi connectivity index (χ0) is 18.6. The first-order chi connectivity index (χ1) is 11.6. The third-order valence-electron chi connectivity index (χ3n) is 7.88. The monoisotopic (exact) mass is 350 g/mol. The average molecular weight is 350 g/mol. The van der Waals surface area contributed by atoms with Crippen LogP contribution in [0.3, 0.4) is 0 Å². The van der Waals surface area contributed by atoms with Crippen LogP contribution in [0.15, 0.2) is 0 Å². The Kier molecular flexibility index (Phi) is 4.59. The van der Waals surface area contributed by atoms with E-state index in [1.54, 1.807) is 6.92 Å². The highest BCUT2D eigenvalue weighted by Gasteiger charge is 2.76. The number of fused-ring (bicyclic) bond motifs is 2. The fraction of sp³-hybridized carbons (Fsp3) is 0.905. The van der Waals surface area contributed by atoms with Gasteiger partial charge in [-0.1, -0.05) is 34.1 Å². The van der Waals surface area contributed by atoms with E-state index >= 15 is 0 Å². The van der Waals surface area contributed by atoms with Crippen LogP contribution >= 0.6 is 0 Å². The summed E-state index contributed by atoms with van der Waals surface area (Å²) in [5, 5.41) is 0. The van der Waals surface area contributed by atoms with Crippen LogP contribution in [0.5, 0.6) is 0 Å². The highest BCUT2D eigenvalue weighted by atomic mass is 16.7. The van der Waals surface area contributed by atoms with Crippen LogP contribution in [0, 0.1) is 28.6 Å². The van der Waals surface area contributed by atoms with Crippen molar-refractivity contribution in [3.8, 4) is 0 Å². The number of methoxy groups -OCH3 is 1. The summed E-state index contributed by atoms with van der Waals surface area (Å²) < 4.78 is 11.3. The molecule has 0 N–H and O–H groups in total. The van der Waals surface area contributed by atoms with E-state index in [1.165, 1.54) is 20.0 Å². The summed E-state index contributed by atoms with van der Waals surface area (Å²) in [6.07, 6.45) is 6.19. The number of Topliss-reactive ketones (excluding diaryl/α,β-unsaturated/α-hetero) is 1. The standard InChI is InChI=1S/C21H34O4/c1-13(14(2)22)8-9-15-20(5)11-7-10-19(3,4)16(20)12-17-21(15,25-17)18(23)24-6/h13,15-17H,7-12H2,1-6H3/t13-,15+,16-,17+,20+,21-/m0/s1. The minimum absolute atomic E-state index is 0.00645. The number of hydrogen-bond acceptors (Lipinski definition) is 4. The van der Waals surface area contributed by atoms with E-state index in [0.717, 1.165) is 25.7 Å². The van der Waals surface area contributed by atoms with Crippen molar-refractivity contribution in [3.05, 3.63) is 0 Å². The van der Waals surface area contributed by atoms with Gasteiger partial charge < -0.3 is 9.47 Å². The number of epoxide rings is 1. The third kappa shape index (κ3) is 2.75. The van der Waals surface area contributed by atoms with E-state index in [0.29, 0.717) is 5.92 Å². The van der Waals surface area contributed by atoms with Crippen molar-refractivity contribution in [1.82, 2.24) is 0 Å². The van der Waals surface area contributed by atoms with Crippen molar-refractivity contribution >= 4 is 11.8 Å². The number of rotatable bonds is 5. The van der Waals surface area contributed by atoms with Gasteiger partial charge in [-0.25, -0.2) is 4.79 Å². The summed E-state index contributed by atoms with van der Waals surface area (Å²) in [6, 6.07) is 0. The van der Waals surface area contributed by atoms with Crippen molar-refractivity contribution in [1.29, 1.82) is 0 Å². The molecule has 0 aromatic carbocycles. The summed E-state index contributed by atoms with van der Waals surface area (Å²) in [7, 11) is 1.46. The van der Waals surface area contributed by atoms with Crippen LogP contribution in [0.4, 0.5) is 0 Å². The molecule has 3 aliphatic rings. The largest absolute Gasteiger partial charge is 0.467 e. The van der Waals surface area contributed by atoms with Crippen LogP contribution in [0.25, 0.3) is 0 Å². The van der Waals surface area contributed by atoms with Gasteiger partial charge in [-0.3, -0.25) is 4.79 Å². The Morgan fingerprint density at radius 1 is 1.24 bits per heavy atom. The van der Waals surface area contributed by atoms with Gasteiger partial charge in [-0.15, -0.1) is 0 Å². The lowest BCUT2D eigenvalue weighted by Gasteiger charge is -2.57. The smallest absolute Gasteiger partial charge is 0.341 e. The fourth-order valence-electron chi connectivity index (χ4n) is 6.25. The molecule has 3 fully saturated rings. The predicted octanol–water partition coefficient (Wildman–Crippen LogP) is 4.15. The Morgan fingerprint density at radius 3 is 2.52 bits per heavy atom. The minimum atomic E-state index is -0.760. The molecule has 2 saturated carbocycles. The third-order valence-corrected chi connectivity index (χ3v) is 7.88. The molecule has 1 aliphatic heterocycles. The van der Waals surface area contributed by atoms with Gasteiger partial charge in [0.25, 0.3) is 0 Å². The van der Waals surface area contributed by atoms with Crippen molar-refractivity contribution in [2.45, 2.75) is 84.8 Å². The van der Waals surface area contributed by atoms with E-state index in [4.69, 9.17) is 9.47 Å². The maximum absolute atomic E-state index is 12.7. The molecule has 2 aliphatic carbocycles. The second-order valence-electron chi connectivity index (χ2n) is 9.67. The second kappa shape index (κ2) is 6.07. The molecular formula is C21H34O4. The SMILES string of the molecule is COC(=O)[C@@]12O[C@@H]1C[C@H]1C(C)(C)CCC[C@]1(C)[C@H]2CC[C@H](C)C(C)=O. The maximum atomic E-state index is 12.7. The van der Waals surface area contributed by atoms with E-state index < -0.39 is 5.60 Å². The molecule has 0 bridgehead atoms. The van der Waals surface area contributed by atoms with E-state index in [-0.39, 0.29) is 40.5 Å². The van der Waals surface area contributed by atoms with Gasteiger partial charge in [0.1, 0.15) is 5.78 Å². The molecule has 4 nitrogen and oxygen atoms in total. The number of ketones is 1. The number of hydrogen-bond donors (Lipinski definition) is 0. The minimum Gasteiger partial charge on any atom is -0.467 e. The lowest BCUT2D eigenvalue weighted by molar-refractivity contribution is -0.158. The molecular weight excluding hydrogens is 316 g/mol. The number of ether oxygens (including phenoxy) is 2. The molecule has 25 heavy (non-hydrogen) atoms. The van der Waals surface area contributed by atoms with Gasteiger partial charge in [0.15, 0.2) is 5.60 Å². The molecule has 0 aromatic heterocycles. The summed E-state index contributed by atoms with van der Waals surface area (Å²) in [6.45, 7) is 10.8. The Balaban J connectivity index is 1.94. The van der Waals surface area contributed by atoms with Crippen molar-refractivity contribution in [2.75, 3.05) is 7.11 Å². The van der Waals surface area contributed by atoms with E-state index in [2.05, 4.69) is 20.8 Å². The van der Waals surface area contributed by atoms with E-state index in [1.807, 2.05) is 6.92 Å². The summed E-state index contributed by atoms with van der Waals surface area (Å²) >= 11 is 0. The quantitative estimate of drug-likeness (QED) is 0.552. The molecule has 4 heteroatoms. The maximum Gasteiger partial charge on any atom is 0.341 e. The van der Waals surface area contributed by atoms with Gasteiger partial charge in [0.2, 0.25) is 0 Å². The summed E-state index contributed by atoms with van der Waals surface area (Å²) in [5.41, 5.74) is -0.422.